The highest BCUT2D eigenvalue weighted by Crippen LogP contribution is 2.19. The molecule has 0 bridgehead atoms. The van der Waals surface area contributed by atoms with Crippen molar-refractivity contribution >= 4 is 41.3 Å². The highest BCUT2D eigenvalue weighted by molar-refractivity contribution is 14.0. The lowest BCUT2D eigenvalue weighted by molar-refractivity contribution is 0.169. The van der Waals surface area contributed by atoms with Crippen LogP contribution in [-0.4, -0.2) is 37.0 Å². The van der Waals surface area contributed by atoms with Crippen molar-refractivity contribution < 1.29 is 4.42 Å². The van der Waals surface area contributed by atoms with Gasteiger partial charge in [0.25, 0.3) is 0 Å². The highest BCUT2D eigenvalue weighted by Gasteiger charge is 2.20. The van der Waals surface area contributed by atoms with E-state index in [-0.39, 0.29) is 24.0 Å². The van der Waals surface area contributed by atoms with E-state index < -0.39 is 0 Å². The Bertz CT molecular complexity index is 630. The lowest BCUT2D eigenvalue weighted by atomic mass is 9.98. The fraction of sp³-hybridized carbons (Fsp3) is 0.526. The topological polar surface area (TPSA) is 52.8 Å². The van der Waals surface area contributed by atoms with E-state index in [4.69, 9.17) is 4.42 Å². The van der Waals surface area contributed by atoms with E-state index in [9.17, 15) is 0 Å². The first-order chi connectivity index (χ1) is 12.3. The van der Waals surface area contributed by atoms with Gasteiger partial charge in [-0.3, -0.25) is 4.90 Å². The van der Waals surface area contributed by atoms with Gasteiger partial charge in [0, 0.05) is 31.1 Å². The van der Waals surface area contributed by atoms with Gasteiger partial charge in [-0.05, 0) is 55.8 Å². The molecule has 2 aromatic heterocycles. The average molecular weight is 488 g/mol. The van der Waals surface area contributed by atoms with Crippen LogP contribution in [-0.2, 0) is 13.1 Å². The van der Waals surface area contributed by atoms with Crippen LogP contribution in [0.1, 0.15) is 30.4 Å². The van der Waals surface area contributed by atoms with Crippen molar-refractivity contribution in [2.24, 2.45) is 10.9 Å². The number of rotatable bonds is 7. The third-order valence-corrected chi connectivity index (χ3v) is 5.30. The third kappa shape index (κ3) is 6.92. The zero-order valence-corrected chi connectivity index (χ0v) is 18.5. The average Bonchev–Trinajstić information content (AvgIpc) is 3.31. The summed E-state index contributed by atoms with van der Waals surface area (Å²) in [5, 5.41) is 8.99. The van der Waals surface area contributed by atoms with E-state index in [1.165, 1.54) is 24.3 Å². The van der Waals surface area contributed by atoms with Crippen molar-refractivity contribution in [3.8, 4) is 0 Å². The van der Waals surface area contributed by atoms with E-state index in [0.29, 0.717) is 12.5 Å². The molecule has 3 rings (SSSR count). The summed E-state index contributed by atoms with van der Waals surface area (Å²) in [6.45, 7) is 7.93. The zero-order chi connectivity index (χ0) is 17.3. The van der Waals surface area contributed by atoms with E-state index in [2.05, 4.69) is 45.0 Å². The molecule has 1 aliphatic heterocycles. The molecule has 1 fully saturated rings. The lowest BCUT2D eigenvalue weighted by Gasteiger charge is -2.32. The van der Waals surface area contributed by atoms with Gasteiger partial charge in [0.2, 0.25) is 0 Å². The Morgan fingerprint density at radius 3 is 3.00 bits per heavy atom. The summed E-state index contributed by atoms with van der Waals surface area (Å²) in [7, 11) is 0. The number of hydrogen-bond acceptors (Lipinski definition) is 4. The van der Waals surface area contributed by atoms with E-state index in [1.807, 2.05) is 23.5 Å². The van der Waals surface area contributed by atoms with E-state index >= 15 is 0 Å². The molecule has 5 nitrogen and oxygen atoms in total. The van der Waals surface area contributed by atoms with Gasteiger partial charge < -0.3 is 15.1 Å². The largest absolute Gasteiger partial charge is 0.467 e. The monoisotopic (exact) mass is 488 g/mol. The number of likely N-dealkylation sites (tertiary alicyclic amines) is 1. The second-order valence-electron chi connectivity index (χ2n) is 6.48. The molecular weight excluding hydrogens is 459 g/mol. The molecule has 2 aromatic rings. The molecule has 0 saturated carbocycles. The number of halogens is 1. The summed E-state index contributed by atoms with van der Waals surface area (Å²) in [6, 6.07) is 8.23. The minimum absolute atomic E-state index is 0. The van der Waals surface area contributed by atoms with Gasteiger partial charge in [0.05, 0.1) is 6.26 Å². The van der Waals surface area contributed by atoms with Gasteiger partial charge in [0.15, 0.2) is 5.96 Å². The second kappa shape index (κ2) is 11.6. The Labute approximate surface area is 177 Å². The van der Waals surface area contributed by atoms with Gasteiger partial charge in [-0.2, -0.15) is 0 Å². The minimum Gasteiger partial charge on any atom is -0.467 e. The maximum Gasteiger partial charge on any atom is 0.191 e. The molecule has 0 radical (unpaired) electrons. The van der Waals surface area contributed by atoms with Gasteiger partial charge in [-0.25, -0.2) is 4.99 Å². The van der Waals surface area contributed by atoms with Crippen LogP contribution in [0.3, 0.4) is 0 Å². The molecule has 0 amide bonds. The zero-order valence-electron chi connectivity index (χ0n) is 15.3. The van der Waals surface area contributed by atoms with Crippen LogP contribution in [0, 0.1) is 5.92 Å². The molecule has 7 heteroatoms. The first kappa shape index (κ1) is 21.2. The normalized spacial score (nSPS) is 18.3. The number of piperidine rings is 1. The fourth-order valence-electron chi connectivity index (χ4n) is 3.23. The second-order valence-corrected chi connectivity index (χ2v) is 7.51. The maximum atomic E-state index is 5.35. The molecule has 1 atom stereocenters. The SMILES string of the molecule is CCNC(=NCc1ccco1)NCC1CCCN(Cc2cccs2)C1.I. The molecular formula is C19H29IN4OS. The quantitative estimate of drug-likeness (QED) is 0.353. The minimum atomic E-state index is 0. The Hall–Kier alpha value is -1.06. The molecule has 0 spiro atoms. The summed E-state index contributed by atoms with van der Waals surface area (Å²) < 4.78 is 5.35. The first-order valence-corrected chi connectivity index (χ1v) is 10.0. The summed E-state index contributed by atoms with van der Waals surface area (Å²) in [5.74, 6) is 2.42. The maximum absolute atomic E-state index is 5.35. The molecule has 26 heavy (non-hydrogen) atoms. The lowest BCUT2D eigenvalue weighted by Crippen LogP contribution is -2.44. The number of hydrogen-bond donors (Lipinski definition) is 2. The van der Waals surface area contributed by atoms with Gasteiger partial charge in [0.1, 0.15) is 12.3 Å². The van der Waals surface area contributed by atoms with Crippen LogP contribution >= 0.6 is 35.3 Å². The van der Waals surface area contributed by atoms with Crippen LogP contribution in [0.15, 0.2) is 45.3 Å². The smallest absolute Gasteiger partial charge is 0.191 e. The number of guanidine groups is 1. The van der Waals surface area contributed by atoms with Crippen molar-refractivity contribution in [2.75, 3.05) is 26.2 Å². The van der Waals surface area contributed by atoms with Crippen molar-refractivity contribution in [1.82, 2.24) is 15.5 Å². The highest BCUT2D eigenvalue weighted by atomic mass is 127. The van der Waals surface area contributed by atoms with E-state index in [1.54, 1.807) is 6.26 Å². The third-order valence-electron chi connectivity index (χ3n) is 4.44. The number of aliphatic imine (C=N–C) groups is 1. The Balaban J connectivity index is 0.00000243. The van der Waals surface area contributed by atoms with Crippen molar-refractivity contribution in [3.63, 3.8) is 0 Å². The molecule has 1 saturated heterocycles. The summed E-state index contributed by atoms with van der Waals surface area (Å²) in [4.78, 5) is 8.65. The van der Waals surface area contributed by atoms with Crippen LogP contribution in [0.25, 0.3) is 0 Å². The predicted molar refractivity (Wildman–Crippen MR) is 119 cm³/mol. The molecule has 1 unspecified atom stereocenters. The van der Waals surface area contributed by atoms with Gasteiger partial charge in [-0.1, -0.05) is 6.07 Å². The summed E-state index contributed by atoms with van der Waals surface area (Å²) in [6.07, 6.45) is 4.25. The summed E-state index contributed by atoms with van der Waals surface area (Å²) >= 11 is 1.85. The Kier molecular flexibility index (Phi) is 9.49. The number of nitrogens with zero attached hydrogens (tertiary/aromatic N) is 2. The van der Waals surface area contributed by atoms with Crippen LogP contribution in [0.5, 0.6) is 0 Å². The molecule has 1 aliphatic rings. The van der Waals surface area contributed by atoms with Crippen LogP contribution in [0.2, 0.25) is 0 Å². The van der Waals surface area contributed by atoms with Crippen molar-refractivity contribution in [3.05, 3.63) is 46.5 Å². The molecule has 144 valence electrons. The van der Waals surface area contributed by atoms with Crippen LogP contribution < -0.4 is 10.6 Å². The fourth-order valence-corrected chi connectivity index (χ4v) is 3.97. The molecule has 0 aromatic carbocycles. The Morgan fingerprint density at radius 1 is 1.35 bits per heavy atom. The van der Waals surface area contributed by atoms with Crippen molar-refractivity contribution in [1.29, 1.82) is 0 Å². The molecule has 0 aliphatic carbocycles. The predicted octanol–water partition coefficient (Wildman–Crippen LogP) is 3.93. The van der Waals surface area contributed by atoms with Crippen LogP contribution in [0.4, 0.5) is 0 Å². The molecule has 3 heterocycles. The van der Waals surface area contributed by atoms with Gasteiger partial charge in [-0.15, -0.1) is 35.3 Å². The molecule has 2 N–H and O–H groups in total. The standard InChI is InChI=1S/C19H28N4OS.HI/c1-2-20-19(22-13-17-7-4-10-24-17)21-12-16-6-3-9-23(14-16)15-18-8-5-11-25-18;/h4-5,7-8,10-11,16H,2-3,6,9,12-15H2,1H3,(H2,20,21,22);1H. The van der Waals surface area contributed by atoms with E-state index in [0.717, 1.165) is 37.9 Å². The number of thiophene rings is 1. The van der Waals surface area contributed by atoms with Gasteiger partial charge >= 0.3 is 0 Å². The summed E-state index contributed by atoms with van der Waals surface area (Å²) in [5.41, 5.74) is 0. The van der Waals surface area contributed by atoms with Crippen molar-refractivity contribution in [2.45, 2.75) is 32.9 Å². The number of furan rings is 1. The first-order valence-electron chi connectivity index (χ1n) is 9.12. The Morgan fingerprint density at radius 2 is 2.27 bits per heavy atom. The number of nitrogens with one attached hydrogen (secondary N) is 2.